The molecule has 1 fully saturated rings. The highest BCUT2D eigenvalue weighted by Crippen LogP contribution is 2.26. The van der Waals surface area contributed by atoms with E-state index in [1.54, 1.807) is 6.07 Å². The zero-order chi connectivity index (χ0) is 17.6. The summed E-state index contributed by atoms with van der Waals surface area (Å²) in [5.74, 6) is 0.153. The maximum absolute atomic E-state index is 13.3. The van der Waals surface area contributed by atoms with Gasteiger partial charge in [-0.15, -0.1) is 0 Å². The molecule has 1 saturated heterocycles. The molecule has 8 heteroatoms. The van der Waals surface area contributed by atoms with E-state index in [2.05, 4.69) is 5.10 Å². The van der Waals surface area contributed by atoms with Gasteiger partial charge in [-0.05, 0) is 37.0 Å². The fourth-order valence-electron chi connectivity index (χ4n) is 3.64. The Morgan fingerprint density at radius 1 is 1.32 bits per heavy atom. The Bertz CT molecular complexity index is 885. The van der Waals surface area contributed by atoms with Gasteiger partial charge in [0.05, 0.1) is 11.6 Å². The van der Waals surface area contributed by atoms with E-state index in [4.69, 9.17) is 11.6 Å². The van der Waals surface area contributed by atoms with Crippen molar-refractivity contribution in [1.82, 2.24) is 19.2 Å². The summed E-state index contributed by atoms with van der Waals surface area (Å²) in [6.45, 7) is 1.73. The summed E-state index contributed by atoms with van der Waals surface area (Å²) in [5, 5.41) is 4.37. The molecule has 0 saturated carbocycles. The summed E-state index contributed by atoms with van der Waals surface area (Å²) < 4.78 is 16.1. The highest BCUT2D eigenvalue weighted by atomic mass is 35.5. The van der Waals surface area contributed by atoms with Crippen LogP contribution in [0.1, 0.15) is 36.7 Å². The van der Waals surface area contributed by atoms with Gasteiger partial charge < -0.3 is 4.90 Å². The zero-order valence-electron chi connectivity index (χ0n) is 13.6. The predicted molar refractivity (Wildman–Crippen MR) is 90.2 cm³/mol. The molecule has 1 amide bonds. The van der Waals surface area contributed by atoms with Gasteiger partial charge in [0.15, 0.2) is 0 Å². The number of nitrogens with zero attached hydrogens (tertiary/aromatic N) is 4. The molecule has 0 radical (unpaired) electrons. The number of carbonyl (C=O) groups excluding carboxylic acids is 1. The summed E-state index contributed by atoms with van der Waals surface area (Å²) in [4.78, 5) is 27.3. The first-order valence-corrected chi connectivity index (χ1v) is 8.83. The first-order chi connectivity index (χ1) is 12.0. The number of hydrogen-bond acceptors (Lipinski definition) is 3. The van der Waals surface area contributed by atoms with Crippen molar-refractivity contribution in [3.63, 3.8) is 0 Å². The summed E-state index contributed by atoms with van der Waals surface area (Å²) in [6.07, 6.45) is 3.27. The van der Waals surface area contributed by atoms with Gasteiger partial charge in [-0.1, -0.05) is 17.7 Å². The maximum atomic E-state index is 13.3. The lowest BCUT2D eigenvalue weighted by atomic mass is 10.2. The van der Waals surface area contributed by atoms with Crippen molar-refractivity contribution in [2.75, 3.05) is 13.1 Å². The number of aryl methyl sites for hydroxylation is 1. The topological polar surface area (TPSA) is 60.1 Å². The van der Waals surface area contributed by atoms with Crippen molar-refractivity contribution < 1.29 is 9.18 Å². The van der Waals surface area contributed by atoms with Crippen LogP contribution in [-0.2, 0) is 17.8 Å². The molecule has 0 spiro atoms. The number of likely N-dealkylation sites (tertiary alicyclic amines) is 1. The van der Waals surface area contributed by atoms with Crippen LogP contribution in [0.2, 0.25) is 5.02 Å². The minimum absolute atomic E-state index is 0.0133. The van der Waals surface area contributed by atoms with Crippen LogP contribution in [0.5, 0.6) is 0 Å². The second-order valence-electron chi connectivity index (χ2n) is 6.56. The van der Waals surface area contributed by atoms with Gasteiger partial charge >= 0.3 is 5.69 Å². The fraction of sp³-hybridized carbons (Fsp3) is 0.471. The van der Waals surface area contributed by atoms with Gasteiger partial charge in [-0.25, -0.2) is 13.9 Å². The van der Waals surface area contributed by atoms with Crippen molar-refractivity contribution in [3.05, 3.63) is 50.9 Å². The van der Waals surface area contributed by atoms with E-state index < -0.39 is 11.9 Å². The highest BCUT2D eigenvalue weighted by molar-refractivity contribution is 6.30. The average molecular weight is 365 g/mol. The van der Waals surface area contributed by atoms with E-state index in [0.29, 0.717) is 24.2 Å². The first-order valence-electron chi connectivity index (χ1n) is 8.45. The molecule has 1 atom stereocenters. The van der Waals surface area contributed by atoms with Crippen LogP contribution in [0, 0.1) is 5.82 Å². The Morgan fingerprint density at radius 3 is 2.80 bits per heavy atom. The summed E-state index contributed by atoms with van der Waals surface area (Å²) in [6, 6.07) is 3.88. The standard InChI is InChI=1S/C17H18ClFN4O2/c18-12-9-11(3-4-13(12)19)10-22-17(25)23-14(5-6-15(23)20-22)16(24)21-7-1-2-8-21/h3-4,9,14H,1-2,5-8,10H2. The Hall–Kier alpha value is -2.15. The molecule has 3 heterocycles. The van der Waals surface area contributed by atoms with Crippen molar-refractivity contribution in [2.45, 2.75) is 38.3 Å². The van der Waals surface area contributed by atoms with Gasteiger partial charge in [0, 0.05) is 19.5 Å². The SMILES string of the molecule is O=C(C1CCc2nn(Cc3ccc(F)c(Cl)c3)c(=O)n21)N1CCCC1. The second kappa shape index (κ2) is 6.29. The minimum Gasteiger partial charge on any atom is -0.341 e. The normalized spacial score (nSPS) is 19.4. The molecular formula is C17H18ClFN4O2. The van der Waals surface area contributed by atoms with Crippen LogP contribution in [0.3, 0.4) is 0 Å². The van der Waals surface area contributed by atoms with Crippen LogP contribution in [-0.4, -0.2) is 38.2 Å². The molecule has 2 aromatic rings. The van der Waals surface area contributed by atoms with Crippen LogP contribution >= 0.6 is 11.6 Å². The van der Waals surface area contributed by atoms with E-state index in [-0.39, 0.29) is 23.2 Å². The van der Waals surface area contributed by atoms with E-state index in [1.807, 2.05) is 4.90 Å². The lowest BCUT2D eigenvalue weighted by Crippen LogP contribution is -2.38. The van der Waals surface area contributed by atoms with Crippen molar-refractivity contribution in [3.8, 4) is 0 Å². The number of halogens is 2. The molecule has 1 unspecified atom stereocenters. The van der Waals surface area contributed by atoms with Gasteiger partial charge in [0.25, 0.3) is 0 Å². The molecule has 25 heavy (non-hydrogen) atoms. The third-order valence-corrected chi connectivity index (χ3v) is 5.20. The number of rotatable bonds is 3. The lowest BCUT2D eigenvalue weighted by molar-refractivity contribution is -0.133. The number of carbonyl (C=O) groups is 1. The molecule has 1 aromatic carbocycles. The Morgan fingerprint density at radius 2 is 2.08 bits per heavy atom. The molecule has 6 nitrogen and oxygen atoms in total. The number of amides is 1. The monoisotopic (exact) mass is 364 g/mol. The quantitative estimate of drug-likeness (QED) is 0.837. The third kappa shape index (κ3) is 2.86. The third-order valence-electron chi connectivity index (χ3n) is 4.91. The van der Waals surface area contributed by atoms with Crippen LogP contribution in [0.15, 0.2) is 23.0 Å². The molecule has 4 rings (SSSR count). The first kappa shape index (κ1) is 16.3. The summed E-state index contributed by atoms with van der Waals surface area (Å²) in [5.41, 5.74) is 0.387. The molecule has 0 bridgehead atoms. The largest absolute Gasteiger partial charge is 0.346 e. The Kier molecular flexibility index (Phi) is 4.11. The van der Waals surface area contributed by atoms with E-state index >= 15 is 0 Å². The van der Waals surface area contributed by atoms with Gasteiger partial charge in [0.1, 0.15) is 17.7 Å². The van der Waals surface area contributed by atoms with Crippen LogP contribution in [0.4, 0.5) is 4.39 Å². The molecule has 1 aromatic heterocycles. The number of aromatic nitrogens is 3. The average Bonchev–Trinajstić information content (AvgIpc) is 3.30. The van der Waals surface area contributed by atoms with Crippen molar-refractivity contribution >= 4 is 17.5 Å². The second-order valence-corrected chi connectivity index (χ2v) is 6.97. The van der Waals surface area contributed by atoms with Gasteiger partial charge in [-0.2, -0.15) is 5.10 Å². The molecule has 2 aliphatic heterocycles. The molecule has 0 N–H and O–H groups in total. The summed E-state index contributed by atoms with van der Waals surface area (Å²) in [7, 11) is 0. The van der Waals surface area contributed by atoms with E-state index in [9.17, 15) is 14.0 Å². The van der Waals surface area contributed by atoms with Crippen LogP contribution < -0.4 is 5.69 Å². The van der Waals surface area contributed by atoms with Crippen LogP contribution in [0.25, 0.3) is 0 Å². The number of benzene rings is 1. The summed E-state index contributed by atoms with van der Waals surface area (Å²) >= 11 is 5.79. The lowest BCUT2D eigenvalue weighted by Gasteiger charge is -2.20. The smallest absolute Gasteiger partial charge is 0.341 e. The predicted octanol–water partition coefficient (Wildman–Crippen LogP) is 2.00. The van der Waals surface area contributed by atoms with E-state index in [1.165, 1.54) is 21.4 Å². The van der Waals surface area contributed by atoms with E-state index in [0.717, 1.165) is 25.9 Å². The van der Waals surface area contributed by atoms with Crippen molar-refractivity contribution in [2.24, 2.45) is 0 Å². The zero-order valence-corrected chi connectivity index (χ0v) is 14.4. The number of hydrogen-bond donors (Lipinski definition) is 0. The molecular weight excluding hydrogens is 347 g/mol. The Labute approximate surface area is 148 Å². The molecule has 132 valence electrons. The fourth-order valence-corrected chi connectivity index (χ4v) is 3.84. The minimum atomic E-state index is -0.499. The Balaban J connectivity index is 1.61. The maximum Gasteiger partial charge on any atom is 0.346 e. The van der Waals surface area contributed by atoms with Crippen molar-refractivity contribution in [1.29, 1.82) is 0 Å². The molecule has 0 aliphatic carbocycles. The molecule has 2 aliphatic rings. The van der Waals surface area contributed by atoms with Gasteiger partial charge in [-0.3, -0.25) is 9.36 Å². The van der Waals surface area contributed by atoms with Gasteiger partial charge in [0.2, 0.25) is 5.91 Å². The highest BCUT2D eigenvalue weighted by Gasteiger charge is 2.36. The number of fused-ring (bicyclic) bond motifs is 1.